The SMILES string of the molecule is CCN1CCN(c2ccc(C(F)(F)F)cc2NC(=O)CSc2nc(-c3ccc(Cl)cc3)cs2)CC1. The van der Waals surface area contributed by atoms with E-state index in [1.54, 1.807) is 12.1 Å². The number of rotatable bonds is 7. The van der Waals surface area contributed by atoms with Crippen molar-refractivity contribution >= 4 is 52.0 Å². The molecule has 0 aliphatic carbocycles. The predicted octanol–water partition coefficient (Wildman–Crippen LogP) is 6.36. The van der Waals surface area contributed by atoms with E-state index >= 15 is 0 Å². The molecule has 5 nitrogen and oxygen atoms in total. The summed E-state index contributed by atoms with van der Waals surface area (Å²) in [5, 5.41) is 5.24. The first-order valence-electron chi connectivity index (χ1n) is 11.1. The Labute approximate surface area is 215 Å². The Hall–Kier alpha value is -2.27. The fourth-order valence-corrected chi connectivity index (χ4v) is 5.54. The molecule has 0 atom stereocenters. The molecule has 0 radical (unpaired) electrons. The number of benzene rings is 2. The second-order valence-corrected chi connectivity index (χ2v) is 10.5. The fraction of sp³-hybridized carbons (Fsp3) is 0.333. The third-order valence-electron chi connectivity index (χ3n) is 5.71. The van der Waals surface area contributed by atoms with Gasteiger partial charge in [0.05, 0.1) is 28.4 Å². The van der Waals surface area contributed by atoms with Gasteiger partial charge in [-0.05, 0) is 36.9 Å². The van der Waals surface area contributed by atoms with Crippen molar-refractivity contribution in [1.82, 2.24) is 9.88 Å². The lowest BCUT2D eigenvalue weighted by atomic mass is 10.1. The number of hydrogen-bond donors (Lipinski definition) is 1. The van der Waals surface area contributed by atoms with Crippen LogP contribution in [-0.2, 0) is 11.0 Å². The van der Waals surface area contributed by atoms with Gasteiger partial charge in [-0.1, -0.05) is 42.4 Å². The number of piperazine rings is 1. The minimum atomic E-state index is -4.49. The average molecular weight is 541 g/mol. The number of hydrogen-bond acceptors (Lipinski definition) is 6. The van der Waals surface area contributed by atoms with E-state index in [-0.39, 0.29) is 17.3 Å². The highest BCUT2D eigenvalue weighted by Crippen LogP contribution is 2.36. The number of likely N-dealkylation sites (N-methyl/N-ethyl adjacent to an activating group) is 1. The molecule has 0 unspecified atom stereocenters. The van der Waals surface area contributed by atoms with Crippen LogP contribution in [0, 0.1) is 0 Å². The monoisotopic (exact) mass is 540 g/mol. The molecule has 1 aliphatic rings. The summed E-state index contributed by atoms with van der Waals surface area (Å²) in [6.07, 6.45) is -4.49. The normalized spacial score (nSPS) is 14.8. The van der Waals surface area contributed by atoms with Crippen LogP contribution < -0.4 is 10.2 Å². The zero-order chi connectivity index (χ0) is 25.0. The quantitative estimate of drug-likeness (QED) is 0.354. The first kappa shape index (κ1) is 25.8. The van der Waals surface area contributed by atoms with Gasteiger partial charge in [-0.2, -0.15) is 13.2 Å². The van der Waals surface area contributed by atoms with Gasteiger partial charge in [-0.15, -0.1) is 11.3 Å². The Kier molecular flexibility index (Phi) is 8.26. The summed E-state index contributed by atoms with van der Waals surface area (Å²) in [6, 6.07) is 10.8. The van der Waals surface area contributed by atoms with Crippen molar-refractivity contribution < 1.29 is 18.0 Å². The number of alkyl halides is 3. The number of amides is 1. The maximum absolute atomic E-state index is 13.4. The van der Waals surface area contributed by atoms with Crippen LogP contribution in [0.15, 0.2) is 52.2 Å². The van der Waals surface area contributed by atoms with Crippen molar-refractivity contribution in [3.63, 3.8) is 0 Å². The van der Waals surface area contributed by atoms with E-state index in [9.17, 15) is 18.0 Å². The summed E-state index contributed by atoms with van der Waals surface area (Å²) in [7, 11) is 0. The third kappa shape index (κ3) is 6.69. The summed E-state index contributed by atoms with van der Waals surface area (Å²) >= 11 is 8.59. The molecule has 2 heterocycles. The number of carbonyl (C=O) groups excluding carboxylic acids is 1. The highest BCUT2D eigenvalue weighted by atomic mass is 35.5. The second-order valence-electron chi connectivity index (χ2n) is 7.99. The Morgan fingerprint density at radius 3 is 2.51 bits per heavy atom. The van der Waals surface area contributed by atoms with Crippen LogP contribution in [0.4, 0.5) is 24.5 Å². The highest BCUT2D eigenvalue weighted by Gasteiger charge is 2.32. The van der Waals surface area contributed by atoms with Crippen LogP contribution >= 0.6 is 34.7 Å². The van der Waals surface area contributed by atoms with Gasteiger partial charge in [0.15, 0.2) is 4.34 Å². The molecule has 186 valence electrons. The molecule has 1 saturated heterocycles. The van der Waals surface area contributed by atoms with E-state index in [0.717, 1.165) is 43.0 Å². The molecule has 2 aromatic carbocycles. The predicted molar refractivity (Wildman–Crippen MR) is 138 cm³/mol. The molecule has 0 saturated carbocycles. The number of thioether (sulfide) groups is 1. The first-order chi connectivity index (χ1) is 16.7. The summed E-state index contributed by atoms with van der Waals surface area (Å²) in [6.45, 7) is 6.02. The molecule has 35 heavy (non-hydrogen) atoms. The molecule has 0 bridgehead atoms. The molecule has 3 aromatic rings. The van der Waals surface area contributed by atoms with Crippen molar-refractivity contribution in [2.24, 2.45) is 0 Å². The highest BCUT2D eigenvalue weighted by molar-refractivity contribution is 8.01. The molecule has 1 N–H and O–H groups in total. The smallest absolute Gasteiger partial charge is 0.367 e. The Balaban J connectivity index is 1.44. The lowest BCUT2D eigenvalue weighted by Gasteiger charge is -2.36. The fourth-order valence-electron chi connectivity index (χ4n) is 3.78. The first-order valence-corrected chi connectivity index (χ1v) is 13.3. The minimum absolute atomic E-state index is 0.0346. The number of nitrogens with zero attached hydrogens (tertiary/aromatic N) is 3. The number of aromatic nitrogens is 1. The zero-order valence-electron chi connectivity index (χ0n) is 18.9. The Morgan fingerprint density at radius 2 is 1.86 bits per heavy atom. The van der Waals surface area contributed by atoms with Crippen LogP contribution in [0.5, 0.6) is 0 Å². The van der Waals surface area contributed by atoms with Gasteiger partial charge in [0, 0.05) is 42.1 Å². The molecule has 0 spiro atoms. The van der Waals surface area contributed by atoms with Crippen LogP contribution in [0.3, 0.4) is 0 Å². The maximum Gasteiger partial charge on any atom is 0.416 e. The summed E-state index contributed by atoms with van der Waals surface area (Å²) in [4.78, 5) is 21.6. The molecule has 4 rings (SSSR count). The minimum Gasteiger partial charge on any atom is -0.367 e. The summed E-state index contributed by atoms with van der Waals surface area (Å²) in [5.74, 6) is -0.349. The number of halogens is 4. The van der Waals surface area contributed by atoms with Crippen molar-refractivity contribution in [2.45, 2.75) is 17.4 Å². The number of anilines is 2. The van der Waals surface area contributed by atoms with E-state index in [4.69, 9.17) is 11.6 Å². The van der Waals surface area contributed by atoms with Crippen LogP contribution in [0.25, 0.3) is 11.3 Å². The number of thiazole rings is 1. The Bertz CT molecular complexity index is 1160. The molecule has 1 aliphatic heterocycles. The zero-order valence-corrected chi connectivity index (χ0v) is 21.3. The Morgan fingerprint density at radius 1 is 1.14 bits per heavy atom. The maximum atomic E-state index is 13.4. The second kappa shape index (κ2) is 11.2. The van der Waals surface area contributed by atoms with Gasteiger partial charge in [0.1, 0.15) is 0 Å². The lowest BCUT2D eigenvalue weighted by Crippen LogP contribution is -2.46. The molecular weight excluding hydrogens is 517 g/mol. The van der Waals surface area contributed by atoms with Gasteiger partial charge in [0.2, 0.25) is 5.91 Å². The molecular formula is C24H24ClF3N4OS2. The van der Waals surface area contributed by atoms with Crippen LogP contribution in [0.2, 0.25) is 5.02 Å². The van der Waals surface area contributed by atoms with E-state index in [1.807, 2.05) is 22.4 Å². The van der Waals surface area contributed by atoms with Crippen LogP contribution in [-0.4, -0.2) is 54.3 Å². The van der Waals surface area contributed by atoms with Gasteiger partial charge in [0.25, 0.3) is 0 Å². The van der Waals surface area contributed by atoms with E-state index < -0.39 is 11.7 Å². The van der Waals surface area contributed by atoms with Gasteiger partial charge in [-0.3, -0.25) is 4.79 Å². The van der Waals surface area contributed by atoms with Crippen molar-refractivity contribution in [3.05, 3.63) is 58.4 Å². The van der Waals surface area contributed by atoms with Crippen LogP contribution in [0.1, 0.15) is 12.5 Å². The average Bonchev–Trinajstić information content (AvgIpc) is 3.32. The van der Waals surface area contributed by atoms with Gasteiger partial charge in [-0.25, -0.2) is 4.98 Å². The van der Waals surface area contributed by atoms with E-state index in [1.165, 1.54) is 29.2 Å². The third-order valence-corrected chi connectivity index (χ3v) is 7.98. The summed E-state index contributed by atoms with van der Waals surface area (Å²) in [5.41, 5.74) is 1.69. The standard InChI is InChI=1S/C24H24ClF3N4OS2/c1-2-31-9-11-32(12-10-31)21-8-5-17(24(26,27)28)13-19(21)29-22(33)15-35-23-30-20(14-34-23)16-3-6-18(25)7-4-16/h3-8,13-14H,2,9-12,15H2,1H3,(H,29,33). The molecule has 1 fully saturated rings. The topological polar surface area (TPSA) is 48.5 Å². The van der Waals surface area contributed by atoms with Gasteiger partial charge < -0.3 is 15.1 Å². The van der Waals surface area contributed by atoms with Crippen molar-refractivity contribution in [3.8, 4) is 11.3 Å². The van der Waals surface area contributed by atoms with Crippen molar-refractivity contribution in [2.75, 3.05) is 48.7 Å². The van der Waals surface area contributed by atoms with E-state index in [2.05, 4.69) is 22.1 Å². The van der Waals surface area contributed by atoms with E-state index in [0.29, 0.717) is 28.1 Å². The lowest BCUT2D eigenvalue weighted by molar-refractivity contribution is -0.137. The number of carbonyl (C=O) groups is 1. The van der Waals surface area contributed by atoms with Crippen molar-refractivity contribution in [1.29, 1.82) is 0 Å². The molecule has 1 aromatic heterocycles. The molecule has 1 amide bonds. The molecule has 11 heteroatoms. The number of nitrogens with one attached hydrogen (secondary N) is 1. The summed E-state index contributed by atoms with van der Waals surface area (Å²) < 4.78 is 40.8. The van der Waals surface area contributed by atoms with Gasteiger partial charge >= 0.3 is 6.18 Å². The largest absolute Gasteiger partial charge is 0.416 e.